The van der Waals surface area contributed by atoms with E-state index in [1.165, 1.54) is 12.3 Å². The number of alkyl halides is 3. The van der Waals surface area contributed by atoms with Gasteiger partial charge in [0.15, 0.2) is 0 Å². The first-order valence-corrected chi connectivity index (χ1v) is 6.59. The van der Waals surface area contributed by atoms with Gasteiger partial charge in [0.25, 0.3) is 0 Å². The van der Waals surface area contributed by atoms with Gasteiger partial charge in [0, 0.05) is 11.9 Å². The van der Waals surface area contributed by atoms with E-state index in [1.54, 1.807) is 12.1 Å². The lowest BCUT2D eigenvalue weighted by Gasteiger charge is -2.13. The van der Waals surface area contributed by atoms with E-state index in [1.807, 2.05) is 12.1 Å². The first kappa shape index (κ1) is 15.3. The van der Waals surface area contributed by atoms with Crippen molar-refractivity contribution in [1.82, 2.24) is 4.98 Å². The maximum absolute atomic E-state index is 12.9. The summed E-state index contributed by atoms with van der Waals surface area (Å²) in [6.07, 6.45) is -1.48. The molecule has 0 unspecified atom stereocenters. The Morgan fingerprint density at radius 3 is 2.67 bits per heavy atom. The highest BCUT2D eigenvalue weighted by Gasteiger charge is 2.34. The van der Waals surface area contributed by atoms with Crippen LogP contribution in [0.15, 0.2) is 42.6 Å². The highest BCUT2D eigenvalue weighted by molar-refractivity contribution is 5.60. The van der Waals surface area contributed by atoms with Crippen LogP contribution in [0.2, 0.25) is 0 Å². The van der Waals surface area contributed by atoms with Crippen LogP contribution in [0.5, 0.6) is 0 Å². The summed E-state index contributed by atoms with van der Waals surface area (Å²) in [5.74, 6) is -0.194. The van der Waals surface area contributed by atoms with Crippen LogP contribution >= 0.6 is 0 Å². The summed E-state index contributed by atoms with van der Waals surface area (Å²) in [7, 11) is 0. The molecule has 21 heavy (non-hydrogen) atoms. The van der Waals surface area contributed by atoms with Crippen LogP contribution in [-0.2, 0) is 12.6 Å². The average molecular weight is 295 g/mol. The highest BCUT2D eigenvalue weighted by atomic mass is 19.4. The van der Waals surface area contributed by atoms with Crippen LogP contribution in [-0.4, -0.2) is 11.5 Å². The largest absolute Gasteiger partial charge is 0.419 e. The van der Waals surface area contributed by atoms with E-state index in [0.717, 1.165) is 24.5 Å². The van der Waals surface area contributed by atoms with Crippen LogP contribution in [0, 0.1) is 0 Å². The van der Waals surface area contributed by atoms with Crippen LogP contribution in [0.3, 0.4) is 0 Å². The summed E-state index contributed by atoms with van der Waals surface area (Å²) < 4.78 is 38.7. The zero-order valence-electron chi connectivity index (χ0n) is 11.3. The first-order chi connectivity index (χ1) is 10.0. The number of halogens is 3. The van der Waals surface area contributed by atoms with Gasteiger partial charge in [-0.25, -0.2) is 4.98 Å². The first-order valence-electron chi connectivity index (χ1n) is 6.59. The molecule has 1 heterocycles. The Kier molecular flexibility index (Phi) is 4.80. The standard InChI is InChI=1S/C15H16F3N3/c16-15(17,18)13-7-3-9-20-14(13)21-12-6-1-4-11(10-12)5-2-8-19/h1,3-4,6-7,9-10H,2,5,8,19H2,(H,20,21). The molecule has 0 amide bonds. The third-order valence-corrected chi connectivity index (χ3v) is 2.97. The quantitative estimate of drug-likeness (QED) is 0.883. The average Bonchev–Trinajstić information content (AvgIpc) is 2.45. The van der Waals surface area contributed by atoms with Crippen molar-refractivity contribution in [2.45, 2.75) is 19.0 Å². The summed E-state index contributed by atoms with van der Waals surface area (Å²) in [6, 6.07) is 9.51. The van der Waals surface area contributed by atoms with Crippen molar-refractivity contribution in [1.29, 1.82) is 0 Å². The van der Waals surface area contributed by atoms with Gasteiger partial charge in [0.05, 0.1) is 5.56 Å². The molecule has 0 radical (unpaired) electrons. The Bertz CT molecular complexity index is 597. The van der Waals surface area contributed by atoms with E-state index < -0.39 is 11.7 Å². The Balaban J connectivity index is 2.23. The number of anilines is 2. The molecular formula is C15H16F3N3. The summed E-state index contributed by atoms with van der Waals surface area (Å²) >= 11 is 0. The number of benzene rings is 1. The molecular weight excluding hydrogens is 279 g/mol. The fourth-order valence-corrected chi connectivity index (χ4v) is 1.98. The summed E-state index contributed by atoms with van der Waals surface area (Å²) in [5.41, 5.74) is 6.28. The van der Waals surface area contributed by atoms with Crippen molar-refractivity contribution in [3.05, 3.63) is 53.7 Å². The lowest BCUT2D eigenvalue weighted by Crippen LogP contribution is -2.10. The molecule has 0 saturated carbocycles. The number of nitrogens with zero attached hydrogens (tertiary/aromatic N) is 1. The lowest BCUT2D eigenvalue weighted by molar-refractivity contribution is -0.137. The van der Waals surface area contributed by atoms with E-state index >= 15 is 0 Å². The molecule has 2 rings (SSSR count). The second-order valence-electron chi connectivity index (χ2n) is 4.61. The van der Waals surface area contributed by atoms with E-state index in [9.17, 15) is 13.2 Å². The number of rotatable bonds is 5. The molecule has 3 nitrogen and oxygen atoms in total. The molecule has 0 fully saturated rings. The fraction of sp³-hybridized carbons (Fsp3) is 0.267. The molecule has 0 spiro atoms. The van der Waals surface area contributed by atoms with Gasteiger partial charge in [0.1, 0.15) is 5.82 Å². The van der Waals surface area contributed by atoms with Gasteiger partial charge in [-0.2, -0.15) is 13.2 Å². The number of nitrogens with one attached hydrogen (secondary N) is 1. The van der Waals surface area contributed by atoms with Gasteiger partial charge in [-0.3, -0.25) is 0 Å². The predicted molar refractivity (Wildman–Crippen MR) is 76.3 cm³/mol. The molecule has 6 heteroatoms. The predicted octanol–water partition coefficient (Wildman–Crippen LogP) is 3.74. The SMILES string of the molecule is NCCCc1cccc(Nc2ncccc2C(F)(F)F)c1. The van der Waals surface area contributed by atoms with Crippen LogP contribution in [0.25, 0.3) is 0 Å². The number of pyridine rings is 1. The molecule has 1 aromatic carbocycles. The normalized spacial score (nSPS) is 11.4. The number of aromatic nitrogens is 1. The number of aryl methyl sites for hydroxylation is 1. The third kappa shape index (κ3) is 4.19. The Morgan fingerprint density at radius 2 is 1.95 bits per heavy atom. The molecule has 0 saturated heterocycles. The van der Waals surface area contributed by atoms with Gasteiger partial charge in [0.2, 0.25) is 0 Å². The van der Waals surface area contributed by atoms with Gasteiger partial charge in [-0.15, -0.1) is 0 Å². The second kappa shape index (κ2) is 6.58. The maximum atomic E-state index is 12.9. The van der Waals surface area contributed by atoms with Gasteiger partial charge in [-0.05, 0) is 49.2 Å². The second-order valence-corrected chi connectivity index (χ2v) is 4.61. The monoisotopic (exact) mass is 295 g/mol. The minimum absolute atomic E-state index is 0.194. The van der Waals surface area contributed by atoms with Crippen molar-refractivity contribution in [3.63, 3.8) is 0 Å². The number of nitrogens with two attached hydrogens (primary N) is 1. The van der Waals surface area contributed by atoms with E-state index in [4.69, 9.17) is 5.73 Å². The Labute approximate surface area is 121 Å². The number of hydrogen-bond donors (Lipinski definition) is 2. The maximum Gasteiger partial charge on any atom is 0.419 e. The molecule has 0 aliphatic rings. The van der Waals surface area contributed by atoms with Crippen molar-refractivity contribution < 1.29 is 13.2 Å². The molecule has 0 bridgehead atoms. The highest BCUT2D eigenvalue weighted by Crippen LogP contribution is 2.34. The van der Waals surface area contributed by atoms with Crippen molar-refractivity contribution in [2.75, 3.05) is 11.9 Å². The van der Waals surface area contributed by atoms with Crippen LogP contribution in [0.4, 0.5) is 24.7 Å². The smallest absolute Gasteiger partial charge is 0.340 e. The van der Waals surface area contributed by atoms with E-state index in [2.05, 4.69) is 10.3 Å². The van der Waals surface area contributed by atoms with Crippen LogP contribution in [0.1, 0.15) is 17.5 Å². The van der Waals surface area contributed by atoms with Gasteiger partial charge in [-0.1, -0.05) is 12.1 Å². The Hall–Kier alpha value is -2.08. The molecule has 2 aromatic rings. The van der Waals surface area contributed by atoms with Crippen molar-refractivity contribution in [3.8, 4) is 0 Å². The van der Waals surface area contributed by atoms with Crippen molar-refractivity contribution in [2.24, 2.45) is 5.73 Å². The minimum atomic E-state index is -4.44. The zero-order valence-corrected chi connectivity index (χ0v) is 11.3. The summed E-state index contributed by atoms with van der Waals surface area (Å²) in [4.78, 5) is 3.78. The number of hydrogen-bond acceptors (Lipinski definition) is 3. The molecule has 1 aromatic heterocycles. The zero-order chi connectivity index (χ0) is 15.3. The molecule has 112 valence electrons. The minimum Gasteiger partial charge on any atom is -0.340 e. The topological polar surface area (TPSA) is 50.9 Å². The summed E-state index contributed by atoms with van der Waals surface area (Å²) in [6.45, 7) is 0.579. The molecule has 3 N–H and O–H groups in total. The third-order valence-electron chi connectivity index (χ3n) is 2.97. The lowest BCUT2D eigenvalue weighted by atomic mass is 10.1. The van der Waals surface area contributed by atoms with Gasteiger partial charge < -0.3 is 11.1 Å². The van der Waals surface area contributed by atoms with Gasteiger partial charge >= 0.3 is 6.18 Å². The molecule has 0 atom stereocenters. The molecule has 0 aliphatic carbocycles. The Morgan fingerprint density at radius 1 is 1.14 bits per heavy atom. The van der Waals surface area contributed by atoms with E-state index in [0.29, 0.717) is 12.2 Å². The molecule has 0 aliphatic heterocycles. The summed E-state index contributed by atoms with van der Waals surface area (Å²) in [5, 5.41) is 2.73. The fourth-order valence-electron chi connectivity index (χ4n) is 1.98. The van der Waals surface area contributed by atoms with E-state index in [-0.39, 0.29) is 5.82 Å². The van der Waals surface area contributed by atoms with Crippen LogP contribution < -0.4 is 11.1 Å². The van der Waals surface area contributed by atoms with Crippen molar-refractivity contribution >= 4 is 11.5 Å².